The van der Waals surface area contributed by atoms with Crippen LogP contribution in [0.1, 0.15) is 37.8 Å². The summed E-state index contributed by atoms with van der Waals surface area (Å²) in [5.41, 5.74) is 2.10. The molecule has 3 nitrogen and oxygen atoms in total. The second kappa shape index (κ2) is 7.07. The molecule has 0 bridgehead atoms. The number of aliphatic carboxylic acids is 1. The van der Waals surface area contributed by atoms with Crippen LogP contribution in [0.15, 0.2) is 24.3 Å². The lowest BCUT2D eigenvalue weighted by Crippen LogP contribution is -2.25. The maximum atomic E-state index is 12.0. The van der Waals surface area contributed by atoms with Crippen LogP contribution in [-0.4, -0.2) is 16.9 Å². The van der Waals surface area contributed by atoms with Crippen molar-refractivity contribution in [1.29, 1.82) is 0 Å². The van der Waals surface area contributed by atoms with E-state index in [1.807, 2.05) is 45.0 Å². The van der Waals surface area contributed by atoms with Crippen LogP contribution < -0.4 is 0 Å². The number of rotatable bonds is 7. The van der Waals surface area contributed by atoms with E-state index in [2.05, 4.69) is 0 Å². The third-order valence-corrected chi connectivity index (χ3v) is 3.62. The Bertz CT molecular complexity index is 434. The van der Waals surface area contributed by atoms with Crippen LogP contribution in [0.4, 0.5) is 0 Å². The van der Waals surface area contributed by atoms with Crippen molar-refractivity contribution in [1.82, 2.24) is 0 Å². The van der Waals surface area contributed by atoms with E-state index in [9.17, 15) is 14.7 Å². The Labute approximate surface area is 114 Å². The Morgan fingerprint density at radius 2 is 1.79 bits per heavy atom. The van der Waals surface area contributed by atoms with Crippen LogP contribution >= 0.6 is 0 Å². The van der Waals surface area contributed by atoms with Crippen molar-refractivity contribution in [2.45, 2.75) is 40.0 Å². The molecule has 1 aromatic carbocycles. The number of hydrogen-bond acceptors (Lipinski definition) is 2. The molecule has 0 aliphatic carbocycles. The number of benzene rings is 1. The predicted molar refractivity (Wildman–Crippen MR) is 75.1 cm³/mol. The van der Waals surface area contributed by atoms with Gasteiger partial charge in [0.25, 0.3) is 0 Å². The van der Waals surface area contributed by atoms with Gasteiger partial charge in [-0.1, -0.05) is 50.1 Å². The van der Waals surface area contributed by atoms with Crippen LogP contribution in [-0.2, 0) is 16.0 Å². The third kappa shape index (κ3) is 4.86. The monoisotopic (exact) mass is 262 g/mol. The fourth-order valence-electron chi connectivity index (χ4n) is 2.07. The quantitative estimate of drug-likeness (QED) is 0.820. The van der Waals surface area contributed by atoms with Gasteiger partial charge in [-0.25, -0.2) is 0 Å². The molecule has 1 aromatic rings. The highest BCUT2D eigenvalue weighted by Crippen LogP contribution is 2.20. The average molecular weight is 262 g/mol. The topological polar surface area (TPSA) is 54.4 Å². The number of carbonyl (C=O) groups excluding carboxylic acids is 1. The predicted octanol–water partition coefficient (Wildman–Crippen LogP) is 3.24. The fourth-order valence-corrected chi connectivity index (χ4v) is 2.07. The minimum absolute atomic E-state index is 0.00319. The van der Waals surface area contributed by atoms with Crippen LogP contribution in [0, 0.1) is 18.8 Å². The average Bonchev–Trinajstić information content (AvgIpc) is 2.37. The SMILES string of the molecule is CC[C@H](C)[C@@H](CC(=O)Cc1ccc(C)cc1)C(=O)O. The second-order valence-electron chi connectivity index (χ2n) is 5.24. The Hall–Kier alpha value is -1.64. The van der Waals surface area contributed by atoms with Gasteiger partial charge in [0, 0.05) is 12.8 Å². The van der Waals surface area contributed by atoms with Crippen molar-refractivity contribution < 1.29 is 14.7 Å². The van der Waals surface area contributed by atoms with Gasteiger partial charge in [0.1, 0.15) is 5.78 Å². The Morgan fingerprint density at radius 1 is 1.21 bits per heavy atom. The van der Waals surface area contributed by atoms with E-state index in [1.165, 1.54) is 0 Å². The smallest absolute Gasteiger partial charge is 0.307 e. The molecular weight excluding hydrogens is 240 g/mol. The second-order valence-corrected chi connectivity index (χ2v) is 5.24. The lowest BCUT2D eigenvalue weighted by molar-refractivity contribution is -0.145. The van der Waals surface area contributed by atoms with Gasteiger partial charge in [0.2, 0.25) is 0 Å². The summed E-state index contributed by atoms with van der Waals surface area (Å²) in [6, 6.07) is 7.77. The number of carboxylic acid groups (broad SMARTS) is 1. The molecule has 1 N–H and O–H groups in total. The van der Waals surface area contributed by atoms with Crippen molar-refractivity contribution >= 4 is 11.8 Å². The van der Waals surface area contributed by atoms with Crippen LogP contribution in [0.3, 0.4) is 0 Å². The van der Waals surface area contributed by atoms with Gasteiger partial charge < -0.3 is 5.11 Å². The van der Waals surface area contributed by atoms with Gasteiger partial charge in [-0.15, -0.1) is 0 Å². The summed E-state index contributed by atoms with van der Waals surface area (Å²) in [4.78, 5) is 23.1. The summed E-state index contributed by atoms with van der Waals surface area (Å²) >= 11 is 0. The Morgan fingerprint density at radius 3 is 2.26 bits per heavy atom. The van der Waals surface area contributed by atoms with Gasteiger partial charge in [-0.2, -0.15) is 0 Å². The molecule has 0 unspecified atom stereocenters. The summed E-state index contributed by atoms with van der Waals surface area (Å²) in [6.45, 7) is 5.83. The lowest BCUT2D eigenvalue weighted by atomic mass is 9.86. The highest BCUT2D eigenvalue weighted by atomic mass is 16.4. The van der Waals surface area contributed by atoms with E-state index in [4.69, 9.17) is 0 Å². The van der Waals surface area contributed by atoms with E-state index in [0.29, 0.717) is 6.42 Å². The fraction of sp³-hybridized carbons (Fsp3) is 0.500. The number of ketones is 1. The first-order chi connectivity index (χ1) is 8.93. The van der Waals surface area contributed by atoms with Gasteiger partial charge in [-0.3, -0.25) is 9.59 Å². The summed E-state index contributed by atoms with van der Waals surface area (Å²) in [7, 11) is 0. The number of hydrogen-bond donors (Lipinski definition) is 1. The first-order valence-electron chi connectivity index (χ1n) is 6.74. The Kier molecular flexibility index (Phi) is 5.74. The normalized spacial score (nSPS) is 13.8. The number of Topliss-reactive ketones (excluding diaryl/α,β-unsaturated/α-hetero) is 1. The molecule has 0 aliphatic heterocycles. The first kappa shape index (κ1) is 15.4. The summed E-state index contributed by atoms with van der Waals surface area (Å²) < 4.78 is 0. The molecule has 0 aromatic heterocycles. The molecule has 2 atom stereocenters. The molecule has 0 heterocycles. The maximum Gasteiger partial charge on any atom is 0.307 e. The maximum absolute atomic E-state index is 12.0. The third-order valence-electron chi connectivity index (χ3n) is 3.62. The zero-order valence-corrected chi connectivity index (χ0v) is 11.8. The van der Waals surface area contributed by atoms with E-state index in [-0.39, 0.29) is 18.1 Å². The highest BCUT2D eigenvalue weighted by Gasteiger charge is 2.26. The van der Waals surface area contributed by atoms with Gasteiger partial charge in [0.05, 0.1) is 5.92 Å². The van der Waals surface area contributed by atoms with Crippen molar-refractivity contribution in [3.05, 3.63) is 35.4 Å². The summed E-state index contributed by atoms with van der Waals surface area (Å²) in [6.07, 6.45) is 1.22. The zero-order chi connectivity index (χ0) is 14.4. The highest BCUT2D eigenvalue weighted by molar-refractivity contribution is 5.85. The van der Waals surface area contributed by atoms with Crippen molar-refractivity contribution in [3.8, 4) is 0 Å². The zero-order valence-electron chi connectivity index (χ0n) is 11.8. The van der Waals surface area contributed by atoms with E-state index in [0.717, 1.165) is 17.5 Å². The molecule has 0 fully saturated rings. The lowest BCUT2D eigenvalue weighted by Gasteiger charge is -2.17. The minimum atomic E-state index is -0.869. The summed E-state index contributed by atoms with van der Waals surface area (Å²) in [5.74, 6) is -1.41. The minimum Gasteiger partial charge on any atom is -0.481 e. The van der Waals surface area contributed by atoms with Gasteiger partial charge >= 0.3 is 5.97 Å². The molecule has 0 aliphatic rings. The first-order valence-corrected chi connectivity index (χ1v) is 6.74. The molecule has 0 spiro atoms. The molecule has 0 amide bonds. The van der Waals surface area contributed by atoms with Gasteiger partial charge in [0.15, 0.2) is 0 Å². The molecule has 3 heteroatoms. The molecular formula is C16H22O3. The molecule has 0 saturated carbocycles. The van der Waals surface area contributed by atoms with Gasteiger partial charge in [-0.05, 0) is 18.4 Å². The number of carbonyl (C=O) groups is 2. The molecule has 0 saturated heterocycles. The van der Waals surface area contributed by atoms with Crippen molar-refractivity contribution in [3.63, 3.8) is 0 Å². The Balaban J connectivity index is 2.62. The molecule has 19 heavy (non-hydrogen) atoms. The van der Waals surface area contributed by atoms with Crippen LogP contribution in [0.25, 0.3) is 0 Å². The summed E-state index contributed by atoms with van der Waals surface area (Å²) in [5, 5.41) is 9.17. The van der Waals surface area contributed by atoms with Crippen molar-refractivity contribution in [2.75, 3.05) is 0 Å². The van der Waals surface area contributed by atoms with E-state index < -0.39 is 11.9 Å². The standard InChI is InChI=1S/C16H22O3/c1-4-12(3)15(16(18)19)10-14(17)9-13-7-5-11(2)6-8-13/h5-8,12,15H,4,9-10H2,1-3H3,(H,18,19)/t12-,15+/m0/s1. The largest absolute Gasteiger partial charge is 0.481 e. The van der Waals surface area contributed by atoms with E-state index >= 15 is 0 Å². The molecule has 0 radical (unpaired) electrons. The van der Waals surface area contributed by atoms with Crippen LogP contribution in [0.5, 0.6) is 0 Å². The number of carboxylic acids is 1. The van der Waals surface area contributed by atoms with Crippen LogP contribution in [0.2, 0.25) is 0 Å². The van der Waals surface area contributed by atoms with Crippen molar-refractivity contribution in [2.24, 2.45) is 11.8 Å². The molecule has 104 valence electrons. The molecule has 1 rings (SSSR count). The van der Waals surface area contributed by atoms with E-state index in [1.54, 1.807) is 0 Å². The number of aryl methyl sites for hydroxylation is 1.